The minimum Gasteiger partial charge on any atom is -0.332 e. The molecular formula is C14H14BrN3O2S. The van der Waals surface area contributed by atoms with Crippen LogP contribution < -0.4 is 5.32 Å². The normalized spacial score (nSPS) is 10.2. The Balaban J connectivity index is 1.94. The molecule has 5 nitrogen and oxygen atoms in total. The number of aromatic nitrogens is 1. The van der Waals surface area contributed by atoms with E-state index in [9.17, 15) is 9.59 Å². The predicted molar refractivity (Wildman–Crippen MR) is 86.6 cm³/mol. The van der Waals surface area contributed by atoms with Gasteiger partial charge >= 0.3 is 0 Å². The van der Waals surface area contributed by atoms with Crippen molar-refractivity contribution in [3.8, 4) is 0 Å². The molecular weight excluding hydrogens is 354 g/mol. The molecule has 0 aliphatic rings. The van der Waals surface area contributed by atoms with Gasteiger partial charge in [-0.2, -0.15) is 0 Å². The second-order valence-electron chi connectivity index (χ2n) is 4.53. The number of rotatable bonds is 4. The number of carbonyl (C=O) groups is 2. The maximum Gasteiger partial charge on any atom is 0.264 e. The maximum atomic E-state index is 12.1. The number of anilines is 1. The number of hydrogen-bond acceptors (Lipinski definition) is 4. The molecule has 0 aromatic carbocycles. The summed E-state index contributed by atoms with van der Waals surface area (Å²) in [5.74, 6) is 0.0253. The van der Waals surface area contributed by atoms with E-state index in [1.807, 2.05) is 19.1 Å². The van der Waals surface area contributed by atoms with Crippen LogP contribution in [0.4, 0.5) is 5.82 Å². The molecule has 0 unspecified atom stereocenters. The highest BCUT2D eigenvalue weighted by Crippen LogP contribution is 2.22. The molecule has 2 heterocycles. The third-order valence-electron chi connectivity index (χ3n) is 2.69. The van der Waals surface area contributed by atoms with Gasteiger partial charge in [-0.3, -0.25) is 9.59 Å². The van der Waals surface area contributed by atoms with E-state index in [1.54, 1.807) is 25.4 Å². The Kier molecular flexibility index (Phi) is 5.08. The molecule has 2 aromatic heterocycles. The summed E-state index contributed by atoms with van der Waals surface area (Å²) in [6.45, 7) is 1.89. The van der Waals surface area contributed by atoms with Crippen LogP contribution in [0.2, 0.25) is 0 Å². The molecule has 0 atom stereocenters. The predicted octanol–water partition coefficient (Wildman–Crippen LogP) is 2.92. The van der Waals surface area contributed by atoms with Crippen LogP contribution in [-0.2, 0) is 4.79 Å². The van der Waals surface area contributed by atoms with Crippen LogP contribution in [0.3, 0.4) is 0 Å². The molecule has 0 fully saturated rings. The lowest BCUT2D eigenvalue weighted by Crippen LogP contribution is -2.34. The summed E-state index contributed by atoms with van der Waals surface area (Å²) in [6.07, 6.45) is 1.63. The third kappa shape index (κ3) is 4.37. The van der Waals surface area contributed by atoms with Gasteiger partial charge in [0.2, 0.25) is 5.91 Å². The fourth-order valence-electron chi connectivity index (χ4n) is 1.69. The van der Waals surface area contributed by atoms with Crippen LogP contribution in [0.25, 0.3) is 0 Å². The average molecular weight is 368 g/mol. The zero-order chi connectivity index (χ0) is 15.4. The quantitative estimate of drug-likeness (QED) is 0.903. The monoisotopic (exact) mass is 367 g/mol. The second-order valence-corrected chi connectivity index (χ2v) is 6.99. The van der Waals surface area contributed by atoms with E-state index < -0.39 is 0 Å². The van der Waals surface area contributed by atoms with Crippen molar-refractivity contribution in [2.24, 2.45) is 0 Å². The highest BCUT2D eigenvalue weighted by Gasteiger charge is 2.16. The highest BCUT2D eigenvalue weighted by molar-refractivity contribution is 9.11. The Morgan fingerprint density at radius 2 is 2.14 bits per heavy atom. The summed E-state index contributed by atoms with van der Waals surface area (Å²) in [5, 5.41) is 2.68. The molecule has 0 radical (unpaired) electrons. The van der Waals surface area contributed by atoms with Gasteiger partial charge in [0.25, 0.3) is 5.91 Å². The van der Waals surface area contributed by atoms with Crippen molar-refractivity contribution in [3.05, 3.63) is 44.7 Å². The zero-order valence-electron chi connectivity index (χ0n) is 11.6. The maximum absolute atomic E-state index is 12.1. The minimum atomic E-state index is -0.278. The van der Waals surface area contributed by atoms with Gasteiger partial charge in [0.05, 0.1) is 15.2 Å². The van der Waals surface area contributed by atoms with E-state index in [0.717, 1.165) is 9.35 Å². The number of thiophene rings is 1. The number of halogens is 1. The molecule has 2 amide bonds. The lowest BCUT2D eigenvalue weighted by Gasteiger charge is -2.15. The van der Waals surface area contributed by atoms with Crippen molar-refractivity contribution < 1.29 is 9.59 Å². The average Bonchev–Trinajstić information content (AvgIpc) is 2.84. The molecule has 0 bridgehead atoms. The van der Waals surface area contributed by atoms with Crippen molar-refractivity contribution in [3.63, 3.8) is 0 Å². The van der Waals surface area contributed by atoms with E-state index in [-0.39, 0.29) is 18.4 Å². The van der Waals surface area contributed by atoms with Crippen LogP contribution in [0, 0.1) is 6.92 Å². The van der Waals surface area contributed by atoms with Crippen LogP contribution in [-0.4, -0.2) is 35.3 Å². The summed E-state index contributed by atoms with van der Waals surface area (Å²) < 4.78 is 0.882. The molecule has 0 aliphatic carbocycles. The van der Waals surface area contributed by atoms with Gasteiger partial charge in [0, 0.05) is 13.2 Å². The summed E-state index contributed by atoms with van der Waals surface area (Å²) in [7, 11) is 1.60. The summed E-state index contributed by atoms with van der Waals surface area (Å²) in [6, 6.07) is 7.16. The number of amides is 2. The van der Waals surface area contributed by atoms with Gasteiger partial charge in [-0.05, 0) is 52.7 Å². The SMILES string of the molecule is Cc1ccnc(NC(=O)CN(C)C(=O)c2ccc(Br)s2)c1. The van der Waals surface area contributed by atoms with Crippen molar-refractivity contribution in [1.29, 1.82) is 0 Å². The van der Waals surface area contributed by atoms with Crippen LogP contribution in [0.5, 0.6) is 0 Å². The standard InChI is InChI=1S/C14H14BrN3O2S/c1-9-5-6-16-12(7-9)17-13(19)8-18(2)14(20)10-3-4-11(15)21-10/h3-7H,8H2,1-2H3,(H,16,17,19). The molecule has 0 saturated heterocycles. The highest BCUT2D eigenvalue weighted by atomic mass is 79.9. The smallest absolute Gasteiger partial charge is 0.264 e. The Labute approximate surface area is 135 Å². The zero-order valence-corrected chi connectivity index (χ0v) is 14.0. The van der Waals surface area contributed by atoms with E-state index in [4.69, 9.17) is 0 Å². The molecule has 7 heteroatoms. The van der Waals surface area contributed by atoms with Gasteiger partial charge in [0.15, 0.2) is 0 Å². The molecule has 21 heavy (non-hydrogen) atoms. The van der Waals surface area contributed by atoms with Gasteiger partial charge in [-0.25, -0.2) is 4.98 Å². The molecule has 1 N–H and O–H groups in total. The molecule has 0 saturated carbocycles. The molecule has 0 spiro atoms. The van der Waals surface area contributed by atoms with Crippen molar-refractivity contribution in [2.45, 2.75) is 6.92 Å². The van der Waals surface area contributed by atoms with Crippen LogP contribution in [0.1, 0.15) is 15.2 Å². The van der Waals surface area contributed by atoms with E-state index >= 15 is 0 Å². The fourth-order valence-corrected chi connectivity index (χ4v) is 3.07. The van der Waals surface area contributed by atoms with Crippen molar-refractivity contribution in [2.75, 3.05) is 18.9 Å². The Morgan fingerprint density at radius 3 is 2.76 bits per heavy atom. The van der Waals surface area contributed by atoms with Gasteiger partial charge in [-0.1, -0.05) is 0 Å². The van der Waals surface area contributed by atoms with Gasteiger partial charge in [-0.15, -0.1) is 11.3 Å². The first-order chi connectivity index (χ1) is 9.95. The lowest BCUT2D eigenvalue weighted by atomic mass is 10.3. The van der Waals surface area contributed by atoms with Crippen LogP contribution >= 0.6 is 27.3 Å². The summed E-state index contributed by atoms with van der Waals surface area (Å²) in [4.78, 5) is 30.1. The number of hydrogen-bond donors (Lipinski definition) is 1. The van der Waals surface area contributed by atoms with Crippen molar-refractivity contribution in [1.82, 2.24) is 9.88 Å². The van der Waals surface area contributed by atoms with Crippen LogP contribution in [0.15, 0.2) is 34.2 Å². The third-order valence-corrected chi connectivity index (χ3v) is 4.31. The minimum absolute atomic E-state index is 0.0238. The first-order valence-corrected chi connectivity index (χ1v) is 7.80. The number of pyridine rings is 1. The number of likely N-dealkylation sites (N-methyl/N-ethyl adjacent to an activating group) is 1. The Hall–Kier alpha value is -1.73. The topological polar surface area (TPSA) is 62.3 Å². The van der Waals surface area contributed by atoms with Gasteiger partial charge in [0.1, 0.15) is 5.82 Å². The largest absolute Gasteiger partial charge is 0.332 e. The molecule has 2 rings (SSSR count). The lowest BCUT2D eigenvalue weighted by molar-refractivity contribution is -0.116. The van der Waals surface area contributed by atoms with E-state index in [1.165, 1.54) is 16.2 Å². The number of carbonyl (C=O) groups excluding carboxylic acids is 2. The first kappa shape index (κ1) is 15.7. The molecule has 0 aliphatic heterocycles. The number of nitrogens with zero attached hydrogens (tertiary/aromatic N) is 2. The number of aryl methyl sites for hydroxylation is 1. The fraction of sp³-hybridized carbons (Fsp3) is 0.214. The number of nitrogens with one attached hydrogen (secondary N) is 1. The first-order valence-electron chi connectivity index (χ1n) is 6.19. The van der Waals surface area contributed by atoms with Gasteiger partial charge < -0.3 is 10.2 Å². The van der Waals surface area contributed by atoms with E-state index in [2.05, 4.69) is 26.2 Å². The van der Waals surface area contributed by atoms with Crippen molar-refractivity contribution >= 4 is 44.9 Å². The Morgan fingerprint density at radius 1 is 1.38 bits per heavy atom. The molecule has 2 aromatic rings. The van der Waals surface area contributed by atoms with E-state index in [0.29, 0.717) is 10.7 Å². The summed E-state index contributed by atoms with van der Waals surface area (Å²) in [5.41, 5.74) is 1.01. The Bertz CT molecular complexity index is 672. The second kappa shape index (κ2) is 6.82. The summed E-state index contributed by atoms with van der Waals surface area (Å²) >= 11 is 4.65. The molecule has 110 valence electrons.